The van der Waals surface area contributed by atoms with Gasteiger partial charge in [-0.25, -0.2) is 0 Å². The molecule has 4 nitrogen and oxygen atoms in total. The summed E-state index contributed by atoms with van der Waals surface area (Å²) in [6.07, 6.45) is 4.89. The second-order valence-electron chi connectivity index (χ2n) is 6.91. The molecule has 19 heavy (non-hydrogen) atoms. The number of hydrogen-bond acceptors (Lipinski definition) is 4. The molecular weight excluding hydrogens is 242 g/mol. The molecule has 3 aliphatic rings. The number of rotatable bonds is 1. The Labute approximate surface area is 116 Å². The number of aliphatic hydroxyl groups is 1. The van der Waals surface area contributed by atoms with Crippen LogP contribution in [0, 0.1) is 5.92 Å². The summed E-state index contributed by atoms with van der Waals surface area (Å²) in [4.78, 5) is 2.28. The maximum absolute atomic E-state index is 11.0. The van der Waals surface area contributed by atoms with Crippen molar-refractivity contribution in [3.63, 3.8) is 0 Å². The van der Waals surface area contributed by atoms with Gasteiger partial charge in [0.25, 0.3) is 0 Å². The Morgan fingerprint density at radius 2 is 1.89 bits per heavy atom. The van der Waals surface area contributed by atoms with Crippen molar-refractivity contribution in [2.75, 3.05) is 33.4 Å². The lowest BCUT2D eigenvalue weighted by Crippen LogP contribution is -2.51. The van der Waals surface area contributed by atoms with Gasteiger partial charge in [-0.2, -0.15) is 0 Å². The molecule has 0 aromatic rings. The third-order valence-corrected chi connectivity index (χ3v) is 5.58. The fourth-order valence-corrected chi connectivity index (χ4v) is 4.19. The highest BCUT2D eigenvalue weighted by molar-refractivity contribution is 5.02. The van der Waals surface area contributed by atoms with Crippen molar-refractivity contribution < 1.29 is 14.6 Å². The van der Waals surface area contributed by atoms with Gasteiger partial charge in [0.05, 0.1) is 11.2 Å². The number of β-amino-alcohol motifs (C(OH)–C–C–N with tert-alkyl or cyclic N) is 1. The van der Waals surface area contributed by atoms with Gasteiger partial charge in [0.1, 0.15) is 0 Å². The summed E-state index contributed by atoms with van der Waals surface area (Å²) in [5.74, 6) is 0.381. The molecule has 0 bridgehead atoms. The van der Waals surface area contributed by atoms with Crippen molar-refractivity contribution in [3.8, 4) is 0 Å². The summed E-state index contributed by atoms with van der Waals surface area (Å²) in [5, 5.41) is 11.0. The van der Waals surface area contributed by atoms with E-state index in [1.165, 1.54) is 0 Å². The molecule has 0 aliphatic carbocycles. The highest BCUT2D eigenvalue weighted by Gasteiger charge is 2.50. The largest absolute Gasteiger partial charge is 0.388 e. The van der Waals surface area contributed by atoms with E-state index in [1.807, 2.05) is 0 Å². The summed E-state index contributed by atoms with van der Waals surface area (Å²) in [7, 11) is 2.12. The maximum Gasteiger partial charge on any atom is 0.0818 e. The van der Waals surface area contributed by atoms with Crippen molar-refractivity contribution in [1.82, 2.24) is 4.90 Å². The van der Waals surface area contributed by atoms with Crippen LogP contribution in [0.2, 0.25) is 0 Å². The van der Waals surface area contributed by atoms with Crippen LogP contribution in [0.4, 0.5) is 0 Å². The summed E-state index contributed by atoms with van der Waals surface area (Å²) < 4.78 is 11.6. The van der Waals surface area contributed by atoms with E-state index in [9.17, 15) is 5.11 Å². The summed E-state index contributed by atoms with van der Waals surface area (Å²) >= 11 is 0. The molecule has 3 fully saturated rings. The Morgan fingerprint density at radius 1 is 1.16 bits per heavy atom. The molecule has 3 saturated heterocycles. The zero-order chi connectivity index (χ0) is 13.5. The van der Waals surface area contributed by atoms with E-state index in [2.05, 4.69) is 18.9 Å². The zero-order valence-corrected chi connectivity index (χ0v) is 12.2. The molecule has 3 heterocycles. The first-order chi connectivity index (χ1) is 9.03. The Balaban J connectivity index is 1.71. The number of nitrogens with zero attached hydrogens (tertiary/aromatic N) is 1. The quantitative estimate of drug-likeness (QED) is 0.782. The lowest BCUT2D eigenvalue weighted by Gasteiger charge is -2.47. The highest BCUT2D eigenvalue weighted by atomic mass is 16.5. The molecule has 3 aliphatic heterocycles. The number of ether oxygens (including phenoxy) is 2. The first-order valence-electron chi connectivity index (χ1n) is 7.67. The van der Waals surface area contributed by atoms with E-state index in [-0.39, 0.29) is 5.60 Å². The zero-order valence-electron chi connectivity index (χ0n) is 12.2. The molecule has 0 aromatic heterocycles. The van der Waals surface area contributed by atoms with Crippen LogP contribution in [0.25, 0.3) is 0 Å². The predicted molar refractivity (Wildman–Crippen MR) is 73.1 cm³/mol. The van der Waals surface area contributed by atoms with Gasteiger partial charge in [-0.15, -0.1) is 0 Å². The molecule has 4 heteroatoms. The third-order valence-electron chi connectivity index (χ3n) is 5.58. The van der Waals surface area contributed by atoms with Crippen molar-refractivity contribution in [3.05, 3.63) is 0 Å². The third kappa shape index (κ3) is 2.56. The minimum atomic E-state index is -0.511. The fourth-order valence-electron chi connectivity index (χ4n) is 4.19. The van der Waals surface area contributed by atoms with Crippen molar-refractivity contribution in [2.45, 2.75) is 56.3 Å². The monoisotopic (exact) mass is 269 g/mol. The van der Waals surface area contributed by atoms with Crippen molar-refractivity contribution >= 4 is 0 Å². The van der Waals surface area contributed by atoms with Crippen LogP contribution < -0.4 is 0 Å². The van der Waals surface area contributed by atoms with Gasteiger partial charge < -0.3 is 19.5 Å². The van der Waals surface area contributed by atoms with E-state index in [4.69, 9.17) is 9.47 Å². The SMILES string of the molecule is CC1CC(O)(C2CCOC3(CCOCC3)C2)CN1C. The van der Waals surface area contributed by atoms with E-state index < -0.39 is 5.60 Å². The van der Waals surface area contributed by atoms with Gasteiger partial charge in [0.2, 0.25) is 0 Å². The molecule has 3 unspecified atom stereocenters. The van der Waals surface area contributed by atoms with Crippen molar-refractivity contribution in [1.29, 1.82) is 0 Å². The van der Waals surface area contributed by atoms with Gasteiger partial charge in [-0.05, 0) is 52.0 Å². The predicted octanol–water partition coefficient (Wildman–Crippen LogP) is 1.42. The first-order valence-corrected chi connectivity index (χ1v) is 7.67. The standard InChI is InChI=1S/C15H27NO3/c1-12-9-15(17,11-16(12)2)13-3-6-19-14(10-13)4-7-18-8-5-14/h12-13,17H,3-11H2,1-2H3. The Bertz CT molecular complexity index is 312. The van der Waals surface area contributed by atoms with Gasteiger partial charge in [0.15, 0.2) is 0 Å². The first kappa shape index (κ1) is 13.8. The summed E-state index contributed by atoms with van der Waals surface area (Å²) in [6, 6.07) is 0.485. The highest BCUT2D eigenvalue weighted by Crippen LogP contribution is 2.44. The second-order valence-corrected chi connectivity index (χ2v) is 6.91. The van der Waals surface area contributed by atoms with Crippen LogP contribution in [0.3, 0.4) is 0 Å². The molecule has 0 radical (unpaired) electrons. The molecule has 3 atom stereocenters. The van der Waals surface area contributed by atoms with Gasteiger partial charge in [0, 0.05) is 32.4 Å². The average Bonchev–Trinajstić information content (AvgIpc) is 2.65. The smallest absolute Gasteiger partial charge is 0.0818 e. The van der Waals surface area contributed by atoms with Gasteiger partial charge in [-0.1, -0.05) is 0 Å². The van der Waals surface area contributed by atoms with Crippen molar-refractivity contribution in [2.24, 2.45) is 5.92 Å². The van der Waals surface area contributed by atoms with Crippen LogP contribution in [0.1, 0.15) is 39.0 Å². The molecule has 0 amide bonds. The van der Waals surface area contributed by atoms with Crippen LogP contribution >= 0.6 is 0 Å². The molecule has 110 valence electrons. The number of hydrogen-bond donors (Lipinski definition) is 1. The Kier molecular flexibility index (Phi) is 3.63. The Hall–Kier alpha value is -0.160. The topological polar surface area (TPSA) is 41.9 Å². The average molecular weight is 269 g/mol. The second kappa shape index (κ2) is 4.99. The van der Waals surface area contributed by atoms with E-state index >= 15 is 0 Å². The maximum atomic E-state index is 11.0. The fraction of sp³-hybridized carbons (Fsp3) is 1.00. The van der Waals surface area contributed by atoms with Gasteiger partial charge in [-0.3, -0.25) is 0 Å². The minimum absolute atomic E-state index is 0.0126. The molecular formula is C15H27NO3. The van der Waals surface area contributed by atoms with Crippen LogP contribution in [-0.2, 0) is 9.47 Å². The molecule has 3 rings (SSSR count). The number of likely N-dealkylation sites (tertiary alicyclic amines) is 1. The normalized spacial score (nSPS) is 43.7. The lowest BCUT2D eigenvalue weighted by molar-refractivity contribution is -0.172. The van der Waals surface area contributed by atoms with Crippen LogP contribution in [-0.4, -0.2) is 60.7 Å². The number of likely N-dealkylation sites (N-methyl/N-ethyl adjacent to an activating group) is 1. The van der Waals surface area contributed by atoms with E-state index in [0.717, 1.165) is 58.5 Å². The summed E-state index contributed by atoms with van der Waals surface area (Å²) in [5.41, 5.74) is -0.523. The van der Waals surface area contributed by atoms with Gasteiger partial charge >= 0.3 is 0 Å². The Morgan fingerprint density at radius 3 is 2.53 bits per heavy atom. The molecule has 1 spiro atoms. The molecule has 0 aromatic carbocycles. The van der Waals surface area contributed by atoms with E-state index in [1.54, 1.807) is 0 Å². The lowest BCUT2D eigenvalue weighted by atomic mass is 9.72. The molecule has 1 N–H and O–H groups in total. The molecule has 0 saturated carbocycles. The summed E-state index contributed by atoms with van der Waals surface area (Å²) in [6.45, 7) is 5.43. The van der Waals surface area contributed by atoms with E-state index in [0.29, 0.717) is 12.0 Å². The minimum Gasteiger partial charge on any atom is -0.388 e. The van der Waals surface area contributed by atoms with Crippen LogP contribution in [0.5, 0.6) is 0 Å². The van der Waals surface area contributed by atoms with Crippen LogP contribution in [0.15, 0.2) is 0 Å².